The first-order valence-corrected chi connectivity index (χ1v) is 11.9. The fourth-order valence-electron chi connectivity index (χ4n) is 3.67. The van der Waals surface area contributed by atoms with Crippen LogP contribution in [0.25, 0.3) is 0 Å². The van der Waals surface area contributed by atoms with Gasteiger partial charge in [0.1, 0.15) is 18.1 Å². The Labute approximate surface area is 201 Å². The number of hydrogen-bond acceptors (Lipinski definition) is 6. The van der Waals surface area contributed by atoms with Crippen molar-refractivity contribution < 1.29 is 24.3 Å². The van der Waals surface area contributed by atoms with Gasteiger partial charge < -0.3 is 37.8 Å². The number of aliphatic carboxylic acids is 1. The molecule has 0 aromatic rings. The van der Waals surface area contributed by atoms with E-state index in [4.69, 9.17) is 11.5 Å². The number of carbonyl (C=O) groups is 4. The summed E-state index contributed by atoms with van der Waals surface area (Å²) in [6.07, 6.45) is 2.82. The van der Waals surface area contributed by atoms with E-state index in [-0.39, 0.29) is 42.7 Å². The molecule has 0 aliphatic carbocycles. The molecule has 12 heteroatoms. The third-order valence-electron chi connectivity index (χ3n) is 5.98. The summed E-state index contributed by atoms with van der Waals surface area (Å²) in [5, 5.41) is 20.5. The van der Waals surface area contributed by atoms with Crippen molar-refractivity contribution in [1.82, 2.24) is 21.3 Å². The Morgan fingerprint density at radius 2 is 1.71 bits per heavy atom. The second-order valence-electron chi connectivity index (χ2n) is 9.10. The molecular formula is C22H41N7O5. The highest BCUT2D eigenvalue weighted by Crippen LogP contribution is 2.12. The van der Waals surface area contributed by atoms with Crippen molar-refractivity contribution in [3.63, 3.8) is 0 Å². The maximum Gasteiger partial charge on any atom is 0.326 e. The maximum atomic E-state index is 13.2. The van der Waals surface area contributed by atoms with Gasteiger partial charge in [0, 0.05) is 6.54 Å². The van der Waals surface area contributed by atoms with Crippen molar-refractivity contribution in [2.45, 2.75) is 84.0 Å². The molecule has 0 spiro atoms. The van der Waals surface area contributed by atoms with E-state index >= 15 is 0 Å². The molecule has 0 radical (unpaired) electrons. The van der Waals surface area contributed by atoms with Gasteiger partial charge in [0.05, 0.1) is 6.04 Å². The van der Waals surface area contributed by atoms with Gasteiger partial charge in [0.15, 0.2) is 5.96 Å². The minimum absolute atomic E-state index is 0.0631. The smallest absolute Gasteiger partial charge is 0.326 e. The minimum Gasteiger partial charge on any atom is -0.480 e. The lowest BCUT2D eigenvalue weighted by atomic mass is 9.96. The number of rotatable bonds is 14. The molecule has 1 rings (SSSR count). The monoisotopic (exact) mass is 483 g/mol. The molecule has 1 aliphatic rings. The predicted octanol–water partition coefficient (Wildman–Crippen LogP) is -0.967. The molecule has 1 heterocycles. The summed E-state index contributed by atoms with van der Waals surface area (Å²) >= 11 is 0. The Bertz CT molecular complexity index is 733. The highest BCUT2D eigenvalue weighted by molar-refractivity contribution is 5.94. The minimum atomic E-state index is -1.15. The van der Waals surface area contributed by atoms with Gasteiger partial charge in [-0.3, -0.25) is 19.4 Å². The Balaban J connectivity index is 2.97. The van der Waals surface area contributed by atoms with Gasteiger partial charge in [-0.1, -0.05) is 34.1 Å². The van der Waals surface area contributed by atoms with Crippen LogP contribution in [-0.4, -0.2) is 72.0 Å². The van der Waals surface area contributed by atoms with Crippen LogP contribution in [0.15, 0.2) is 4.99 Å². The van der Waals surface area contributed by atoms with E-state index in [0.29, 0.717) is 19.3 Å². The lowest BCUT2D eigenvalue weighted by Gasteiger charge is -2.28. The zero-order chi connectivity index (χ0) is 25.8. The van der Waals surface area contributed by atoms with E-state index in [1.54, 1.807) is 20.8 Å². The number of carbonyl (C=O) groups excluding carboxylic acids is 3. The van der Waals surface area contributed by atoms with Crippen molar-refractivity contribution in [3.05, 3.63) is 0 Å². The van der Waals surface area contributed by atoms with Crippen molar-refractivity contribution in [1.29, 1.82) is 0 Å². The van der Waals surface area contributed by atoms with Crippen molar-refractivity contribution in [2.75, 3.05) is 13.1 Å². The predicted molar refractivity (Wildman–Crippen MR) is 129 cm³/mol. The summed E-state index contributed by atoms with van der Waals surface area (Å²) in [4.78, 5) is 54.2. The summed E-state index contributed by atoms with van der Waals surface area (Å²) in [6.45, 7) is 8.06. The second-order valence-corrected chi connectivity index (χ2v) is 9.10. The first kappa shape index (κ1) is 29.1. The zero-order valence-corrected chi connectivity index (χ0v) is 20.6. The van der Waals surface area contributed by atoms with E-state index in [2.05, 4.69) is 26.3 Å². The summed E-state index contributed by atoms with van der Waals surface area (Å²) in [6, 6.07) is -3.31. The molecule has 0 aromatic heterocycles. The molecule has 1 fully saturated rings. The van der Waals surface area contributed by atoms with Crippen molar-refractivity contribution in [3.8, 4) is 0 Å². The number of carboxylic acid groups (broad SMARTS) is 1. The van der Waals surface area contributed by atoms with E-state index in [1.807, 2.05) is 6.92 Å². The van der Waals surface area contributed by atoms with Crippen LogP contribution in [0.4, 0.5) is 0 Å². The van der Waals surface area contributed by atoms with Crippen LogP contribution in [0.3, 0.4) is 0 Å². The quantitative estimate of drug-likeness (QED) is 0.0929. The summed E-state index contributed by atoms with van der Waals surface area (Å²) in [5.41, 5.74) is 10.7. The second kappa shape index (κ2) is 14.4. The molecule has 12 nitrogen and oxygen atoms in total. The Morgan fingerprint density at radius 3 is 2.21 bits per heavy atom. The molecule has 3 amide bonds. The first-order valence-electron chi connectivity index (χ1n) is 11.9. The van der Waals surface area contributed by atoms with Crippen LogP contribution in [0, 0.1) is 11.8 Å². The number of nitrogens with zero attached hydrogens (tertiary/aromatic N) is 1. The van der Waals surface area contributed by atoms with Gasteiger partial charge in [0.25, 0.3) is 0 Å². The maximum absolute atomic E-state index is 13.2. The molecule has 5 unspecified atom stereocenters. The lowest BCUT2D eigenvalue weighted by Crippen LogP contribution is -2.59. The Hall–Kier alpha value is -2.89. The van der Waals surface area contributed by atoms with E-state index in [9.17, 15) is 24.3 Å². The number of hydrogen-bond donors (Lipinski definition) is 7. The fraction of sp³-hybridized carbons (Fsp3) is 0.773. The van der Waals surface area contributed by atoms with Crippen molar-refractivity contribution >= 4 is 29.7 Å². The third kappa shape index (κ3) is 9.54. The van der Waals surface area contributed by atoms with Gasteiger partial charge in [-0.25, -0.2) is 4.79 Å². The van der Waals surface area contributed by atoms with Gasteiger partial charge in [-0.05, 0) is 44.1 Å². The number of aliphatic imine (C=N–C) groups is 1. The van der Waals surface area contributed by atoms with E-state index in [0.717, 1.165) is 13.0 Å². The number of nitrogens with one attached hydrogen (secondary N) is 4. The molecule has 0 saturated carbocycles. The molecule has 9 N–H and O–H groups in total. The fourth-order valence-corrected chi connectivity index (χ4v) is 3.67. The largest absolute Gasteiger partial charge is 0.480 e. The summed E-state index contributed by atoms with van der Waals surface area (Å²) < 4.78 is 0. The highest BCUT2D eigenvalue weighted by atomic mass is 16.4. The average molecular weight is 484 g/mol. The number of carboxylic acids is 1. The Morgan fingerprint density at radius 1 is 1.06 bits per heavy atom. The normalized spacial score (nSPS) is 18.9. The molecule has 0 bridgehead atoms. The van der Waals surface area contributed by atoms with Gasteiger partial charge in [-0.15, -0.1) is 0 Å². The van der Waals surface area contributed by atoms with E-state index in [1.165, 1.54) is 0 Å². The SMILES string of the molecule is CCC(C)C(NC(=O)C(CCCN=C(N)N)NC(=O)C1CCCN1)C(=O)NC(C(=O)O)C(C)C. The Kier molecular flexibility index (Phi) is 12.3. The first-order chi connectivity index (χ1) is 16.0. The average Bonchev–Trinajstić information content (AvgIpc) is 3.31. The number of guanidine groups is 1. The molecule has 5 atom stereocenters. The van der Waals surface area contributed by atoms with Gasteiger partial charge in [-0.2, -0.15) is 0 Å². The molecule has 34 heavy (non-hydrogen) atoms. The molecule has 194 valence electrons. The van der Waals surface area contributed by atoms with Crippen LogP contribution < -0.4 is 32.7 Å². The van der Waals surface area contributed by atoms with Crippen molar-refractivity contribution in [2.24, 2.45) is 28.3 Å². The van der Waals surface area contributed by atoms with E-state index < -0.39 is 35.9 Å². The molecular weight excluding hydrogens is 442 g/mol. The lowest BCUT2D eigenvalue weighted by molar-refractivity contribution is -0.144. The van der Waals surface area contributed by atoms with Crippen LogP contribution in [0.1, 0.15) is 59.8 Å². The molecule has 1 aliphatic heterocycles. The standard InChI is InChI=1S/C22H41N7O5/c1-5-13(4)17(20(32)28-16(12(2)3)21(33)34)29-19(31)15(9-7-11-26-22(23)24)27-18(30)14-8-6-10-25-14/h12-17,25H,5-11H2,1-4H3,(H,27,30)(H,28,32)(H,29,31)(H,33,34)(H4,23,24,26). The topological polar surface area (TPSA) is 201 Å². The van der Waals surface area contributed by atoms with Crippen LogP contribution in [-0.2, 0) is 19.2 Å². The van der Waals surface area contributed by atoms with Crippen LogP contribution in [0.2, 0.25) is 0 Å². The van der Waals surface area contributed by atoms with Crippen LogP contribution >= 0.6 is 0 Å². The summed E-state index contributed by atoms with van der Waals surface area (Å²) in [7, 11) is 0. The van der Waals surface area contributed by atoms with Gasteiger partial charge in [0.2, 0.25) is 17.7 Å². The molecule has 1 saturated heterocycles. The molecule has 0 aromatic carbocycles. The number of amides is 3. The highest BCUT2D eigenvalue weighted by Gasteiger charge is 2.34. The summed E-state index contributed by atoms with van der Waals surface area (Å²) in [5.74, 6) is -3.19. The van der Waals surface area contributed by atoms with Crippen LogP contribution in [0.5, 0.6) is 0 Å². The number of nitrogens with two attached hydrogens (primary N) is 2. The van der Waals surface area contributed by atoms with Gasteiger partial charge >= 0.3 is 5.97 Å². The zero-order valence-electron chi connectivity index (χ0n) is 20.6. The third-order valence-corrected chi connectivity index (χ3v) is 5.98.